The Morgan fingerprint density at radius 2 is 1.81 bits per heavy atom. The number of rotatable bonds is 3. The second-order valence-electron chi connectivity index (χ2n) is 10.6. The van der Waals surface area contributed by atoms with Gasteiger partial charge in [-0.15, -0.1) is 0 Å². The van der Waals surface area contributed by atoms with Crippen LogP contribution in [0.5, 0.6) is 0 Å². The minimum Gasteiger partial charge on any atom is -0.444 e. The summed E-state index contributed by atoms with van der Waals surface area (Å²) >= 11 is 6.50. The van der Waals surface area contributed by atoms with E-state index >= 15 is 0 Å². The van der Waals surface area contributed by atoms with Crippen LogP contribution in [0.25, 0.3) is 0 Å². The zero-order valence-corrected chi connectivity index (χ0v) is 20.8. The van der Waals surface area contributed by atoms with E-state index in [1.165, 1.54) is 0 Å². The van der Waals surface area contributed by atoms with Crippen LogP contribution in [0.2, 0.25) is 5.02 Å². The van der Waals surface area contributed by atoms with Gasteiger partial charge in [0.2, 0.25) is 0 Å². The van der Waals surface area contributed by atoms with Gasteiger partial charge in [-0.2, -0.15) is 0 Å². The van der Waals surface area contributed by atoms with Crippen molar-refractivity contribution in [2.75, 3.05) is 13.1 Å². The van der Waals surface area contributed by atoms with Crippen LogP contribution < -0.4 is 10.8 Å². The van der Waals surface area contributed by atoms with Crippen LogP contribution in [0.4, 0.5) is 4.79 Å². The number of carbonyl (C=O) groups excluding carboxylic acids is 2. The molecule has 176 valence electrons. The highest BCUT2D eigenvalue weighted by Gasteiger charge is 2.52. The summed E-state index contributed by atoms with van der Waals surface area (Å²) in [5.41, 5.74) is -0.362. The number of benzene rings is 1. The molecule has 0 aromatic heterocycles. The second-order valence-corrected chi connectivity index (χ2v) is 11.0. The summed E-state index contributed by atoms with van der Waals surface area (Å²) in [6, 6.07) is 4.97. The van der Waals surface area contributed by atoms with Gasteiger partial charge in [0.05, 0.1) is 11.2 Å². The molecule has 2 amide bonds. The second kappa shape index (κ2) is 8.88. The van der Waals surface area contributed by atoms with Crippen molar-refractivity contribution in [3.05, 3.63) is 28.8 Å². The number of piperidine rings is 1. The lowest BCUT2D eigenvalue weighted by Gasteiger charge is -2.34. The van der Waals surface area contributed by atoms with E-state index in [-0.39, 0.29) is 18.0 Å². The summed E-state index contributed by atoms with van der Waals surface area (Å²) in [5, 5.41) is 3.43. The predicted octanol–water partition coefficient (Wildman–Crippen LogP) is 3.77. The number of hydrogen-bond acceptors (Lipinski definition) is 5. The third kappa shape index (κ3) is 5.59. The first-order valence-corrected chi connectivity index (χ1v) is 11.5. The Bertz CT molecular complexity index is 868. The summed E-state index contributed by atoms with van der Waals surface area (Å²) in [7, 11) is -0.592. The topological polar surface area (TPSA) is 77.1 Å². The minimum absolute atomic E-state index is 0.148. The van der Waals surface area contributed by atoms with Crippen LogP contribution in [0.1, 0.15) is 71.7 Å². The van der Waals surface area contributed by atoms with Crippen molar-refractivity contribution in [2.45, 2.75) is 84.2 Å². The highest BCUT2D eigenvalue weighted by molar-refractivity contribution is 6.65. The standard InChI is InChI=1S/C23H34BClN2O5/c1-21(2,3)30-20(29)27-12-8-9-16(14-27)26-19(28)15-10-11-17(18(25)13-15)24-31-22(4,5)23(6,7)32-24/h10-11,13,16H,8-9,12,14H2,1-7H3,(H,26,28). The molecule has 7 nitrogen and oxygen atoms in total. The lowest BCUT2D eigenvalue weighted by Crippen LogP contribution is -2.50. The van der Waals surface area contributed by atoms with E-state index in [0.29, 0.717) is 29.1 Å². The van der Waals surface area contributed by atoms with E-state index in [2.05, 4.69) is 5.32 Å². The summed E-state index contributed by atoms with van der Waals surface area (Å²) in [5.74, 6) is -0.233. The first-order chi connectivity index (χ1) is 14.7. The zero-order valence-electron chi connectivity index (χ0n) is 20.1. The number of ether oxygens (including phenoxy) is 1. The smallest absolute Gasteiger partial charge is 0.444 e. The molecular formula is C23H34BClN2O5. The Kier molecular flexibility index (Phi) is 6.90. The predicted molar refractivity (Wildman–Crippen MR) is 125 cm³/mol. The van der Waals surface area contributed by atoms with Crippen molar-refractivity contribution in [2.24, 2.45) is 0 Å². The summed E-state index contributed by atoms with van der Waals surface area (Å²) in [6.45, 7) is 14.5. The van der Waals surface area contributed by atoms with Gasteiger partial charge in [0.15, 0.2) is 0 Å². The summed E-state index contributed by atoms with van der Waals surface area (Å²) in [4.78, 5) is 26.9. The molecular weight excluding hydrogens is 431 g/mol. The molecule has 9 heteroatoms. The molecule has 0 bridgehead atoms. The molecule has 1 unspecified atom stereocenters. The summed E-state index contributed by atoms with van der Waals surface area (Å²) in [6.07, 6.45) is 1.24. The van der Waals surface area contributed by atoms with Gasteiger partial charge < -0.3 is 24.3 Å². The lowest BCUT2D eigenvalue weighted by atomic mass is 9.78. The van der Waals surface area contributed by atoms with Crippen molar-refractivity contribution >= 4 is 36.2 Å². The number of likely N-dealkylation sites (tertiary alicyclic amines) is 1. The van der Waals surface area contributed by atoms with Crippen LogP contribution in [-0.2, 0) is 14.0 Å². The van der Waals surface area contributed by atoms with Crippen molar-refractivity contribution in [1.29, 1.82) is 0 Å². The third-order valence-corrected chi connectivity index (χ3v) is 6.51. The molecule has 0 aliphatic carbocycles. The van der Waals surface area contributed by atoms with Crippen LogP contribution in [-0.4, -0.2) is 60.0 Å². The first kappa shape index (κ1) is 24.9. The monoisotopic (exact) mass is 464 g/mol. The largest absolute Gasteiger partial charge is 0.496 e. The number of halogens is 1. The normalized spacial score (nSPS) is 22.6. The highest BCUT2D eigenvalue weighted by atomic mass is 35.5. The van der Waals surface area contributed by atoms with Gasteiger partial charge in [-0.3, -0.25) is 4.79 Å². The third-order valence-electron chi connectivity index (χ3n) is 6.18. The van der Waals surface area contributed by atoms with E-state index < -0.39 is 23.9 Å². The van der Waals surface area contributed by atoms with Crippen molar-refractivity contribution in [3.8, 4) is 0 Å². The maximum Gasteiger partial charge on any atom is 0.496 e. The molecule has 2 heterocycles. The van der Waals surface area contributed by atoms with Gasteiger partial charge in [-0.1, -0.05) is 17.7 Å². The molecule has 2 saturated heterocycles. The molecule has 0 spiro atoms. The Labute approximate surface area is 196 Å². The molecule has 1 N–H and O–H groups in total. The molecule has 0 saturated carbocycles. The van der Waals surface area contributed by atoms with E-state index in [1.807, 2.05) is 48.5 Å². The van der Waals surface area contributed by atoms with Crippen molar-refractivity contribution < 1.29 is 23.6 Å². The van der Waals surface area contributed by atoms with Gasteiger partial charge in [0.1, 0.15) is 5.60 Å². The molecule has 2 aliphatic heterocycles. The Morgan fingerprint density at radius 3 is 2.38 bits per heavy atom. The van der Waals surface area contributed by atoms with E-state index in [0.717, 1.165) is 12.8 Å². The number of amides is 2. The Hall–Kier alpha value is -1.77. The van der Waals surface area contributed by atoms with Gasteiger partial charge >= 0.3 is 13.2 Å². The SMILES string of the molecule is CC(C)(C)OC(=O)N1CCCC(NC(=O)c2ccc(B3OC(C)(C)C(C)(C)O3)c(Cl)c2)C1. The van der Waals surface area contributed by atoms with Gasteiger partial charge in [-0.25, -0.2) is 4.79 Å². The lowest BCUT2D eigenvalue weighted by molar-refractivity contribution is 0.00578. The van der Waals surface area contributed by atoms with Crippen LogP contribution >= 0.6 is 11.6 Å². The average Bonchev–Trinajstić information content (AvgIpc) is 2.87. The number of carbonyl (C=O) groups is 2. The van der Waals surface area contributed by atoms with Crippen LogP contribution in [0.15, 0.2) is 18.2 Å². The van der Waals surface area contributed by atoms with E-state index in [9.17, 15) is 9.59 Å². The van der Waals surface area contributed by atoms with Crippen LogP contribution in [0.3, 0.4) is 0 Å². The average molecular weight is 465 g/mol. The van der Waals surface area contributed by atoms with Gasteiger partial charge in [0, 0.05) is 35.2 Å². The van der Waals surface area contributed by atoms with Crippen molar-refractivity contribution in [3.63, 3.8) is 0 Å². The highest BCUT2D eigenvalue weighted by Crippen LogP contribution is 2.37. The first-order valence-electron chi connectivity index (χ1n) is 11.1. The quantitative estimate of drug-likeness (QED) is 0.689. The molecule has 32 heavy (non-hydrogen) atoms. The van der Waals surface area contributed by atoms with Crippen molar-refractivity contribution in [1.82, 2.24) is 10.2 Å². The summed E-state index contributed by atoms with van der Waals surface area (Å²) < 4.78 is 17.6. The number of hydrogen-bond donors (Lipinski definition) is 1. The molecule has 1 aromatic rings. The number of nitrogens with one attached hydrogen (secondary N) is 1. The molecule has 2 fully saturated rings. The Balaban J connectivity index is 1.64. The minimum atomic E-state index is -0.592. The molecule has 3 rings (SSSR count). The van der Waals surface area contributed by atoms with Gasteiger partial charge in [0.25, 0.3) is 5.91 Å². The fourth-order valence-corrected chi connectivity index (χ4v) is 3.96. The maximum absolute atomic E-state index is 12.8. The molecule has 0 radical (unpaired) electrons. The fraction of sp³-hybridized carbons (Fsp3) is 0.652. The van der Waals surface area contributed by atoms with Crippen LogP contribution in [0, 0.1) is 0 Å². The molecule has 2 aliphatic rings. The molecule has 1 aromatic carbocycles. The van der Waals surface area contributed by atoms with Gasteiger partial charge in [-0.05, 0) is 73.4 Å². The van der Waals surface area contributed by atoms with E-state index in [1.54, 1.807) is 23.1 Å². The Morgan fingerprint density at radius 1 is 1.19 bits per heavy atom. The molecule has 1 atom stereocenters. The maximum atomic E-state index is 12.8. The fourth-order valence-electron chi connectivity index (χ4n) is 3.69. The van der Waals surface area contributed by atoms with E-state index in [4.69, 9.17) is 25.6 Å². The zero-order chi connectivity index (χ0) is 23.9. The number of nitrogens with zero attached hydrogens (tertiary/aromatic N) is 1.